The molecule has 0 fully saturated rings. The Labute approximate surface area is 101 Å². The van der Waals surface area contributed by atoms with E-state index in [0.29, 0.717) is 18.7 Å². The summed E-state index contributed by atoms with van der Waals surface area (Å²) in [4.78, 5) is 0. The molecule has 1 aromatic rings. The summed E-state index contributed by atoms with van der Waals surface area (Å²) in [6.45, 7) is 2.31. The van der Waals surface area contributed by atoms with E-state index in [1.165, 1.54) is 22.5 Å². The van der Waals surface area contributed by atoms with E-state index in [4.69, 9.17) is 5.73 Å². The van der Waals surface area contributed by atoms with Gasteiger partial charge < -0.3 is 5.73 Å². The molecule has 0 amide bonds. The first kappa shape index (κ1) is 13.9. The van der Waals surface area contributed by atoms with Gasteiger partial charge in [0.2, 0.25) is 10.0 Å². The Kier molecular flexibility index (Phi) is 4.89. The van der Waals surface area contributed by atoms with Gasteiger partial charge in [-0.1, -0.05) is 6.07 Å². The molecule has 17 heavy (non-hydrogen) atoms. The highest BCUT2D eigenvalue weighted by atomic mass is 32.2. The van der Waals surface area contributed by atoms with Crippen LogP contribution < -0.4 is 10.0 Å². The van der Waals surface area contributed by atoms with Crippen LogP contribution in [0.4, 0.5) is 10.1 Å². The Morgan fingerprint density at radius 1 is 1.41 bits per heavy atom. The average Bonchev–Trinajstić information content (AvgIpc) is 2.27. The van der Waals surface area contributed by atoms with Gasteiger partial charge in [-0.15, -0.1) is 0 Å². The van der Waals surface area contributed by atoms with Gasteiger partial charge in [0.15, 0.2) is 0 Å². The van der Waals surface area contributed by atoms with Crippen LogP contribution in [0.1, 0.15) is 13.3 Å². The molecule has 0 saturated heterocycles. The lowest BCUT2D eigenvalue weighted by atomic mass is 10.3. The highest BCUT2D eigenvalue weighted by Gasteiger charge is 2.20. The first-order valence-corrected chi connectivity index (χ1v) is 7.08. The Bertz CT molecular complexity index is 462. The average molecular weight is 260 g/mol. The molecule has 0 unspecified atom stereocenters. The molecule has 4 nitrogen and oxygen atoms in total. The van der Waals surface area contributed by atoms with Crippen molar-refractivity contribution in [2.45, 2.75) is 13.3 Å². The number of benzene rings is 1. The first-order chi connectivity index (χ1) is 8.01. The molecular formula is C11H17FN2O2S. The number of anilines is 1. The smallest absolute Gasteiger partial charge is 0.235 e. The Balaban J connectivity index is 2.99. The second-order valence-electron chi connectivity index (χ2n) is 3.60. The second-order valence-corrected chi connectivity index (χ2v) is 5.62. The van der Waals surface area contributed by atoms with Gasteiger partial charge in [-0.3, -0.25) is 4.31 Å². The fourth-order valence-corrected chi connectivity index (χ4v) is 3.13. The maximum Gasteiger partial charge on any atom is 0.235 e. The van der Waals surface area contributed by atoms with E-state index in [9.17, 15) is 12.8 Å². The second kappa shape index (κ2) is 5.97. The summed E-state index contributed by atoms with van der Waals surface area (Å²) in [5.74, 6) is -0.469. The molecule has 0 spiro atoms. The van der Waals surface area contributed by atoms with Gasteiger partial charge in [-0.05, 0) is 38.1 Å². The van der Waals surface area contributed by atoms with Crippen molar-refractivity contribution in [3.63, 3.8) is 0 Å². The van der Waals surface area contributed by atoms with Gasteiger partial charge in [0.05, 0.1) is 11.4 Å². The monoisotopic (exact) mass is 260 g/mol. The van der Waals surface area contributed by atoms with Crippen molar-refractivity contribution in [1.82, 2.24) is 0 Å². The third-order valence-corrected chi connectivity index (χ3v) is 4.27. The molecule has 1 aromatic carbocycles. The molecule has 1 rings (SSSR count). The predicted molar refractivity (Wildman–Crippen MR) is 66.9 cm³/mol. The molecule has 0 atom stereocenters. The molecule has 0 aliphatic heterocycles. The van der Waals surface area contributed by atoms with Crippen LogP contribution in [-0.4, -0.2) is 27.3 Å². The van der Waals surface area contributed by atoms with Crippen LogP contribution in [0.15, 0.2) is 24.3 Å². The number of hydrogen-bond donors (Lipinski definition) is 1. The van der Waals surface area contributed by atoms with Crippen LogP contribution in [0.25, 0.3) is 0 Å². The normalized spacial score (nSPS) is 11.5. The van der Waals surface area contributed by atoms with Crippen LogP contribution >= 0.6 is 0 Å². The topological polar surface area (TPSA) is 63.4 Å². The fourth-order valence-electron chi connectivity index (χ4n) is 1.55. The van der Waals surface area contributed by atoms with E-state index in [2.05, 4.69) is 0 Å². The van der Waals surface area contributed by atoms with E-state index in [0.717, 1.165) is 0 Å². The SMILES string of the molecule is CCN(c1cccc(F)c1)S(=O)(=O)CCCN. The number of nitrogens with zero attached hydrogens (tertiary/aromatic N) is 1. The minimum atomic E-state index is -3.42. The number of halogens is 1. The molecule has 0 heterocycles. The van der Waals surface area contributed by atoms with Gasteiger partial charge in [0, 0.05) is 6.54 Å². The Morgan fingerprint density at radius 3 is 2.65 bits per heavy atom. The predicted octanol–water partition coefficient (Wildman–Crippen LogP) is 1.33. The van der Waals surface area contributed by atoms with Crippen LogP contribution in [0, 0.1) is 5.82 Å². The molecule has 0 aromatic heterocycles. The lowest BCUT2D eigenvalue weighted by Gasteiger charge is -2.22. The van der Waals surface area contributed by atoms with Crippen LogP contribution in [0.3, 0.4) is 0 Å². The van der Waals surface area contributed by atoms with Crippen LogP contribution in [-0.2, 0) is 10.0 Å². The molecule has 0 aliphatic rings. The molecule has 0 bridgehead atoms. The summed E-state index contributed by atoms with van der Waals surface area (Å²) in [5, 5.41) is 0. The Morgan fingerprint density at radius 2 is 2.12 bits per heavy atom. The van der Waals surface area contributed by atoms with Gasteiger partial charge in [-0.25, -0.2) is 12.8 Å². The third kappa shape index (κ3) is 3.67. The number of rotatable bonds is 6. The minimum Gasteiger partial charge on any atom is -0.330 e. The van der Waals surface area contributed by atoms with Gasteiger partial charge in [0.1, 0.15) is 5.82 Å². The largest absolute Gasteiger partial charge is 0.330 e. The molecule has 0 aliphatic carbocycles. The number of sulfonamides is 1. The van der Waals surface area contributed by atoms with E-state index in [-0.39, 0.29) is 12.3 Å². The zero-order valence-corrected chi connectivity index (χ0v) is 10.6. The summed E-state index contributed by atoms with van der Waals surface area (Å²) in [7, 11) is -3.42. The summed E-state index contributed by atoms with van der Waals surface area (Å²) in [5.41, 5.74) is 5.65. The zero-order valence-electron chi connectivity index (χ0n) is 9.77. The van der Waals surface area contributed by atoms with Crippen molar-refractivity contribution in [3.05, 3.63) is 30.1 Å². The summed E-state index contributed by atoms with van der Waals surface area (Å²) in [6.07, 6.45) is 0.397. The summed E-state index contributed by atoms with van der Waals surface area (Å²) < 4.78 is 38.2. The van der Waals surface area contributed by atoms with Crippen molar-refractivity contribution in [2.24, 2.45) is 5.73 Å². The third-order valence-electron chi connectivity index (χ3n) is 2.33. The van der Waals surface area contributed by atoms with Crippen molar-refractivity contribution in [3.8, 4) is 0 Å². The minimum absolute atomic E-state index is 0.0200. The quantitative estimate of drug-likeness (QED) is 0.839. The van der Waals surface area contributed by atoms with E-state index < -0.39 is 15.8 Å². The van der Waals surface area contributed by atoms with E-state index >= 15 is 0 Å². The molecule has 0 radical (unpaired) electrons. The van der Waals surface area contributed by atoms with E-state index in [1.54, 1.807) is 13.0 Å². The molecule has 96 valence electrons. The maximum absolute atomic E-state index is 13.1. The highest BCUT2D eigenvalue weighted by Crippen LogP contribution is 2.19. The number of hydrogen-bond acceptors (Lipinski definition) is 3. The Hall–Kier alpha value is -1.14. The number of nitrogens with two attached hydrogens (primary N) is 1. The molecule has 6 heteroatoms. The van der Waals surface area contributed by atoms with Crippen molar-refractivity contribution in [1.29, 1.82) is 0 Å². The van der Waals surface area contributed by atoms with Gasteiger partial charge >= 0.3 is 0 Å². The van der Waals surface area contributed by atoms with Gasteiger partial charge in [-0.2, -0.15) is 0 Å². The molecular weight excluding hydrogens is 243 g/mol. The fraction of sp³-hybridized carbons (Fsp3) is 0.455. The lowest BCUT2D eigenvalue weighted by Crippen LogP contribution is -2.33. The van der Waals surface area contributed by atoms with Crippen molar-refractivity contribution >= 4 is 15.7 Å². The van der Waals surface area contributed by atoms with E-state index in [1.807, 2.05) is 0 Å². The first-order valence-electron chi connectivity index (χ1n) is 5.47. The van der Waals surface area contributed by atoms with Crippen LogP contribution in [0.5, 0.6) is 0 Å². The van der Waals surface area contributed by atoms with Crippen LogP contribution in [0.2, 0.25) is 0 Å². The molecule has 2 N–H and O–H groups in total. The summed E-state index contributed by atoms with van der Waals surface area (Å²) >= 11 is 0. The summed E-state index contributed by atoms with van der Waals surface area (Å²) in [6, 6.07) is 5.56. The van der Waals surface area contributed by atoms with Crippen molar-refractivity contribution in [2.75, 3.05) is 23.1 Å². The maximum atomic E-state index is 13.1. The van der Waals surface area contributed by atoms with Gasteiger partial charge in [0.25, 0.3) is 0 Å². The standard InChI is InChI=1S/C11H17FN2O2S/c1-2-14(17(15,16)8-4-7-13)11-6-3-5-10(12)9-11/h3,5-6,9H,2,4,7-8,13H2,1H3. The highest BCUT2D eigenvalue weighted by molar-refractivity contribution is 7.92. The molecule has 0 saturated carbocycles. The lowest BCUT2D eigenvalue weighted by molar-refractivity contribution is 0.589. The zero-order chi connectivity index (χ0) is 12.9. The van der Waals surface area contributed by atoms with Crippen molar-refractivity contribution < 1.29 is 12.8 Å².